The number of nitrogens with two attached hydrogens (primary N) is 3. The minimum Gasteiger partial charge on any atom is -0.480 e. The summed E-state index contributed by atoms with van der Waals surface area (Å²) in [6, 6.07) is -4.02. The Morgan fingerprint density at radius 1 is 0.967 bits per heavy atom. The van der Waals surface area contributed by atoms with Crippen LogP contribution in [-0.2, 0) is 19.2 Å². The molecule has 0 heterocycles. The Labute approximate surface area is 181 Å². The fourth-order valence-electron chi connectivity index (χ4n) is 2.20. The first-order valence-electron chi connectivity index (χ1n) is 9.46. The van der Waals surface area contributed by atoms with E-state index in [1.807, 2.05) is 0 Å². The average molecular weight is 448 g/mol. The normalized spacial score (nSPS) is 14.7. The molecule has 0 spiro atoms. The summed E-state index contributed by atoms with van der Waals surface area (Å²) in [5, 5.41) is 16.5. The number of carbonyl (C=O) groups is 4. The lowest BCUT2D eigenvalue weighted by atomic mass is 10.0. The fraction of sp³-hybridized carbons (Fsp3) is 0.706. The van der Waals surface area contributed by atoms with Crippen LogP contribution in [0.25, 0.3) is 0 Å². The van der Waals surface area contributed by atoms with E-state index in [0.29, 0.717) is 6.42 Å². The van der Waals surface area contributed by atoms with Gasteiger partial charge in [-0.25, -0.2) is 4.79 Å². The molecule has 13 heteroatoms. The topological polar surface area (TPSA) is 215 Å². The summed E-state index contributed by atoms with van der Waals surface area (Å²) < 4.78 is 0. The van der Waals surface area contributed by atoms with Gasteiger partial charge in [0.15, 0.2) is 5.96 Å². The molecule has 0 aliphatic rings. The number of aliphatic imine (C=N–C) groups is 1. The summed E-state index contributed by atoms with van der Waals surface area (Å²) in [4.78, 5) is 51.8. The third-order valence-corrected chi connectivity index (χ3v) is 4.51. The van der Waals surface area contributed by atoms with Crippen molar-refractivity contribution in [3.63, 3.8) is 0 Å². The molecule has 30 heavy (non-hydrogen) atoms. The lowest BCUT2D eigenvalue weighted by molar-refractivity contribution is -0.142. The Kier molecular flexibility index (Phi) is 12.5. The third-order valence-electron chi connectivity index (χ3n) is 4.15. The van der Waals surface area contributed by atoms with Gasteiger partial charge in [0, 0.05) is 12.3 Å². The van der Waals surface area contributed by atoms with Gasteiger partial charge in [-0.3, -0.25) is 19.4 Å². The molecule has 0 aliphatic carbocycles. The minimum absolute atomic E-state index is 0.0146. The summed E-state index contributed by atoms with van der Waals surface area (Å²) in [5.41, 5.74) is 16.1. The van der Waals surface area contributed by atoms with Crippen LogP contribution in [0, 0.1) is 5.92 Å². The molecule has 0 aliphatic heterocycles. The number of hydrogen-bond acceptors (Lipinski definition) is 7. The van der Waals surface area contributed by atoms with Crippen LogP contribution in [0.5, 0.6) is 0 Å². The molecule has 0 saturated carbocycles. The number of carboxylic acid groups (broad SMARTS) is 1. The van der Waals surface area contributed by atoms with Crippen molar-refractivity contribution >= 4 is 42.3 Å². The Hall–Kier alpha value is -2.54. The first-order valence-corrected chi connectivity index (χ1v) is 10.1. The maximum Gasteiger partial charge on any atom is 0.326 e. The number of hydrogen-bond donors (Lipinski definition) is 8. The molecular formula is C17H33N7O5S. The second-order valence-electron chi connectivity index (χ2n) is 7.09. The molecule has 0 aromatic heterocycles. The standard InChI is InChI=1S/C17H33N7O5S/c1-8(2)12(18)15(27)24-11(7-30)14(26)22-9(3)13(25)23-10(16(28)29)5-4-6-21-17(19)20/h8-12,30H,4-7,18H2,1-3H3,(H,22,26)(H,23,25)(H,24,27)(H,28,29)(H4,19,20,21). The van der Waals surface area contributed by atoms with E-state index in [1.54, 1.807) is 13.8 Å². The van der Waals surface area contributed by atoms with Gasteiger partial charge in [-0.05, 0) is 25.7 Å². The highest BCUT2D eigenvalue weighted by Gasteiger charge is 2.28. The summed E-state index contributed by atoms with van der Waals surface area (Å²) >= 11 is 4.05. The molecule has 3 amide bonds. The third kappa shape index (κ3) is 10.3. The summed E-state index contributed by atoms with van der Waals surface area (Å²) in [6.45, 7) is 5.14. The number of guanidine groups is 1. The lowest BCUT2D eigenvalue weighted by Gasteiger charge is -2.23. The van der Waals surface area contributed by atoms with Crippen molar-refractivity contribution in [1.29, 1.82) is 0 Å². The van der Waals surface area contributed by atoms with Gasteiger partial charge in [-0.15, -0.1) is 0 Å². The van der Waals surface area contributed by atoms with Crippen LogP contribution < -0.4 is 33.2 Å². The van der Waals surface area contributed by atoms with Gasteiger partial charge in [0.1, 0.15) is 18.1 Å². The van der Waals surface area contributed by atoms with Crippen molar-refractivity contribution in [3.8, 4) is 0 Å². The number of carboxylic acids is 1. The fourth-order valence-corrected chi connectivity index (χ4v) is 2.46. The maximum absolute atomic E-state index is 12.4. The molecule has 0 aromatic rings. The molecule has 0 radical (unpaired) electrons. The van der Waals surface area contributed by atoms with Crippen LogP contribution in [0.4, 0.5) is 0 Å². The van der Waals surface area contributed by atoms with Crippen LogP contribution in [0.1, 0.15) is 33.6 Å². The predicted octanol–water partition coefficient (Wildman–Crippen LogP) is -2.49. The largest absolute Gasteiger partial charge is 0.480 e. The van der Waals surface area contributed by atoms with Crippen molar-refractivity contribution in [2.45, 2.75) is 57.8 Å². The molecule has 12 nitrogen and oxygen atoms in total. The Bertz CT molecular complexity index is 640. The van der Waals surface area contributed by atoms with Gasteiger partial charge in [-0.2, -0.15) is 12.6 Å². The van der Waals surface area contributed by atoms with Gasteiger partial charge in [0.05, 0.1) is 6.04 Å². The molecular weight excluding hydrogens is 414 g/mol. The van der Waals surface area contributed by atoms with E-state index in [2.05, 4.69) is 33.6 Å². The summed E-state index contributed by atoms with van der Waals surface area (Å²) in [5.74, 6) is -3.32. The maximum atomic E-state index is 12.4. The van der Waals surface area contributed by atoms with E-state index in [1.165, 1.54) is 6.92 Å². The highest BCUT2D eigenvalue weighted by molar-refractivity contribution is 7.80. The highest BCUT2D eigenvalue weighted by Crippen LogP contribution is 2.02. The molecule has 172 valence electrons. The van der Waals surface area contributed by atoms with E-state index in [0.717, 1.165) is 0 Å². The molecule has 0 saturated heterocycles. The zero-order valence-electron chi connectivity index (χ0n) is 17.4. The SMILES string of the molecule is CC(NC(=O)C(CS)NC(=O)C(N)C(C)C)C(=O)NC(CCCN=C(N)N)C(=O)O. The van der Waals surface area contributed by atoms with Crippen LogP contribution in [0.2, 0.25) is 0 Å². The van der Waals surface area contributed by atoms with Crippen molar-refractivity contribution in [2.75, 3.05) is 12.3 Å². The van der Waals surface area contributed by atoms with Crippen LogP contribution in [-0.4, -0.2) is 71.2 Å². The second-order valence-corrected chi connectivity index (χ2v) is 7.46. The van der Waals surface area contributed by atoms with E-state index < -0.39 is 47.9 Å². The molecule has 10 N–H and O–H groups in total. The zero-order chi connectivity index (χ0) is 23.4. The first-order chi connectivity index (χ1) is 13.9. The van der Waals surface area contributed by atoms with Crippen molar-refractivity contribution in [2.24, 2.45) is 28.1 Å². The predicted molar refractivity (Wildman–Crippen MR) is 116 cm³/mol. The van der Waals surface area contributed by atoms with Gasteiger partial charge in [-0.1, -0.05) is 13.8 Å². The molecule has 4 unspecified atom stereocenters. The van der Waals surface area contributed by atoms with Crippen molar-refractivity contribution in [3.05, 3.63) is 0 Å². The molecule has 0 bridgehead atoms. The Morgan fingerprint density at radius 2 is 1.53 bits per heavy atom. The number of aliphatic carboxylic acids is 1. The number of thiol groups is 1. The van der Waals surface area contributed by atoms with Gasteiger partial charge >= 0.3 is 5.97 Å². The Balaban J connectivity index is 4.79. The quantitative estimate of drug-likeness (QED) is 0.0652. The van der Waals surface area contributed by atoms with Crippen LogP contribution >= 0.6 is 12.6 Å². The molecule has 0 fully saturated rings. The van der Waals surface area contributed by atoms with Gasteiger partial charge in [0.25, 0.3) is 0 Å². The highest BCUT2D eigenvalue weighted by atomic mass is 32.1. The van der Waals surface area contributed by atoms with E-state index in [4.69, 9.17) is 17.2 Å². The summed E-state index contributed by atoms with van der Waals surface area (Å²) in [6.07, 6.45) is 0.431. The number of nitrogens with zero attached hydrogens (tertiary/aromatic N) is 1. The number of nitrogens with one attached hydrogen (secondary N) is 3. The monoisotopic (exact) mass is 447 g/mol. The van der Waals surface area contributed by atoms with Gasteiger partial charge < -0.3 is 38.3 Å². The van der Waals surface area contributed by atoms with Crippen LogP contribution in [0.15, 0.2) is 4.99 Å². The lowest BCUT2D eigenvalue weighted by Crippen LogP contribution is -2.57. The number of amides is 3. The minimum atomic E-state index is -1.23. The van der Waals surface area contributed by atoms with Gasteiger partial charge in [0.2, 0.25) is 17.7 Å². The molecule has 0 rings (SSSR count). The van der Waals surface area contributed by atoms with E-state index in [-0.39, 0.29) is 30.6 Å². The van der Waals surface area contributed by atoms with E-state index >= 15 is 0 Å². The summed E-state index contributed by atoms with van der Waals surface area (Å²) in [7, 11) is 0. The van der Waals surface area contributed by atoms with E-state index in [9.17, 15) is 24.3 Å². The van der Waals surface area contributed by atoms with Crippen molar-refractivity contribution < 1.29 is 24.3 Å². The first kappa shape index (κ1) is 27.5. The van der Waals surface area contributed by atoms with Crippen LogP contribution in [0.3, 0.4) is 0 Å². The number of carbonyl (C=O) groups excluding carboxylic acids is 3. The zero-order valence-corrected chi connectivity index (χ0v) is 18.3. The average Bonchev–Trinajstić information content (AvgIpc) is 2.66. The van der Waals surface area contributed by atoms with Crippen molar-refractivity contribution in [1.82, 2.24) is 16.0 Å². The second kappa shape index (κ2) is 13.6. The smallest absolute Gasteiger partial charge is 0.326 e. The Morgan fingerprint density at radius 3 is 2.00 bits per heavy atom. The molecule has 0 aromatic carbocycles. The molecule has 4 atom stereocenters. The number of rotatable bonds is 13.